The lowest BCUT2D eigenvalue weighted by Crippen LogP contribution is -2.64. The first kappa shape index (κ1) is 18.6. The number of halogens is 2. The van der Waals surface area contributed by atoms with E-state index in [0.29, 0.717) is 26.1 Å². The molecule has 1 atom stereocenters. The van der Waals surface area contributed by atoms with Crippen molar-refractivity contribution in [2.45, 2.75) is 12.0 Å². The number of benzene rings is 2. The molecular formula is C21H21F2N3O2. The van der Waals surface area contributed by atoms with Crippen molar-refractivity contribution >= 4 is 17.5 Å². The van der Waals surface area contributed by atoms with E-state index in [-0.39, 0.29) is 29.5 Å². The van der Waals surface area contributed by atoms with E-state index in [1.165, 1.54) is 6.07 Å². The Balaban J connectivity index is 1.56. The predicted molar refractivity (Wildman–Crippen MR) is 101 cm³/mol. The minimum absolute atomic E-state index is 0.0182. The lowest BCUT2D eigenvalue weighted by atomic mass is 9.92. The minimum atomic E-state index is -1.03. The Hall–Kier alpha value is -2.80. The van der Waals surface area contributed by atoms with Crippen LogP contribution in [0.25, 0.3) is 0 Å². The number of piperazine rings is 1. The molecule has 2 heterocycles. The zero-order valence-corrected chi connectivity index (χ0v) is 15.6. The summed E-state index contributed by atoms with van der Waals surface area (Å²) < 4.78 is 26.7. The molecule has 2 aliphatic heterocycles. The van der Waals surface area contributed by atoms with Crippen molar-refractivity contribution in [3.05, 3.63) is 65.7 Å². The maximum absolute atomic E-state index is 13.5. The van der Waals surface area contributed by atoms with E-state index >= 15 is 0 Å². The normalized spacial score (nSPS) is 22.9. The summed E-state index contributed by atoms with van der Waals surface area (Å²) in [4.78, 5) is 30.8. The zero-order chi connectivity index (χ0) is 19.9. The van der Waals surface area contributed by atoms with E-state index in [1.54, 1.807) is 9.80 Å². The van der Waals surface area contributed by atoms with Gasteiger partial charge in [-0.25, -0.2) is 8.78 Å². The molecule has 7 heteroatoms. The molecule has 2 amide bonds. The van der Waals surface area contributed by atoms with Gasteiger partial charge in [0.25, 0.3) is 5.91 Å². The lowest BCUT2D eigenvalue weighted by molar-refractivity contribution is -0.123. The Morgan fingerprint density at radius 1 is 1.04 bits per heavy atom. The molecule has 28 heavy (non-hydrogen) atoms. The highest BCUT2D eigenvalue weighted by Crippen LogP contribution is 2.34. The quantitative estimate of drug-likeness (QED) is 0.798. The Kier molecular flexibility index (Phi) is 4.63. The summed E-state index contributed by atoms with van der Waals surface area (Å²) >= 11 is 0. The summed E-state index contributed by atoms with van der Waals surface area (Å²) in [6.07, 6.45) is 0.704. The van der Waals surface area contributed by atoms with Gasteiger partial charge in [-0.2, -0.15) is 0 Å². The fraction of sp³-hybridized carbons (Fsp3) is 0.333. The van der Waals surface area contributed by atoms with Crippen LogP contribution in [0.5, 0.6) is 0 Å². The van der Waals surface area contributed by atoms with Gasteiger partial charge < -0.3 is 9.80 Å². The SMILES string of the molecule is CN1CC(=O)N(c2ccccc2)C[C@@]12CCN(C(=O)c1ccc(F)c(F)c1)C2. The summed E-state index contributed by atoms with van der Waals surface area (Å²) in [6.45, 7) is 1.67. The molecule has 2 fully saturated rings. The highest BCUT2D eigenvalue weighted by molar-refractivity contribution is 5.96. The van der Waals surface area contributed by atoms with E-state index in [0.717, 1.165) is 17.8 Å². The van der Waals surface area contributed by atoms with Crippen molar-refractivity contribution in [3.63, 3.8) is 0 Å². The molecule has 0 bridgehead atoms. The molecule has 2 aliphatic rings. The van der Waals surface area contributed by atoms with Crippen LogP contribution in [0, 0.1) is 11.6 Å². The standard InChI is InChI=1S/C21H21F2N3O2/c1-24-12-19(27)26(16-5-3-2-4-6-16)14-21(24)9-10-25(13-21)20(28)15-7-8-17(22)18(23)11-15/h2-8,11H,9-10,12-14H2,1H3/t21-/m0/s1. The van der Waals surface area contributed by atoms with Crippen LogP contribution in [0.15, 0.2) is 48.5 Å². The maximum atomic E-state index is 13.5. The summed E-state index contributed by atoms with van der Waals surface area (Å²) in [5, 5.41) is 0. The average molecular weight is 385 g/mol. The van der Waals surface area contributed by atoms with E-state index in [4.69, 9.17) is 0 Å². The first-order valence-corrected chi connectivity index (χ1v) is 9.21. The average Bonchev–Trinajstić information content (AvgIpc) is 3.12. The molecule has 4 rings (SSSR count). The summed E-state index contributed by atoms with van der Waals surface area (Å²) in [6, 6.07) is 12.7. The molecule has 2 aromatic rings. The lowest BCUT2D eigenvalue weighted by Gasteiger charge is -2.46. The third kappa shape index (κ3) is 3.16. The van der Waals surface area contributed by atoms with Gasteiger partial charge in [0.1, 0.15) is 0 Å². The van der Waals surface area contributed by atoms with Gasteiger partial charge in [0, 0.05) is 30.9 Å². The smallest absolute Gasteiger partial charge is 0.254 e. The van der Waals surface area contributed by atoms with Crippen molar-refractivity contribution in [3.8, 4) is 0 Å². The Labute approximate surface area is 162 Å². The largest absolute Gasteiger partial charge is 0.337 e. The van der Waals surface area contributed by atoms with Crippen LogP contribution in [0.3, 0.4) is 0 Å². The zero-order valence-electron chi connectivity index (χ0n) is 15.6. The molecule has 2 aromatic carbocycles. The van der Waals surface area contributed by atoms with Crippen LogP contribution in [0.4, 0.5) is 14.5 Å². The van der Waals surface area contributed by atoms with Crippen LogP contribution in [0.1, 0.15) is 16.8 Å². The number of hydrogen-bond donors (Lipinski definition) is 0. The number of anilines is 1. The number of carbonyl (C=O) groups is 2. The van der Waals surface area contributed by atoms with E-state index < -0.39 is 11.6 Å². The van der Waals surface area contributed by atoms with Crippen molar-refractivity contribution in [2.75, 3.05) is 38.1 Å². The van der Waals surface area contributed by atoms with Crippen LogP contribution in [-0.2, 0) is 4.79 Å². The molecule has 0 unspecified atom stereocenters. The summed E-state index contributed by atoms with van der Waals surface area (Å²) in [7, 11) is 1.89. The number of carbonyl (C=O) groups excluding carboxylic acids is 2. The molecule has 0 aliphatic carbocycles. The van der Waals surface area contributed by atoms with Gasteiger partial charge in [-0.3, -0.25) is 14.5 Å². The van der Waals surface area contributed by atoms with Gasteiger partial charge in [0.2, 0.25) is 5.91 Å². The topological polar surface area (TPSA) is 43.9 Å². The molecule has 146 valence electrons. The van der Waals surface area contributed by atoms with Gasteiger partial charge in [0.05, 0.1) is 12.1 Å². The van der Waals surface area contributed by atoms with E-state index in [9.17, 15) is 18.4 Å². The first-order valence-electron chi connectivity index (χ1n) is 9.21. The summed E-state index contributed by atoms with van der Waals surface area (Å²) in [5.41, 5.74) is 0.605. The monoisotopic (exact) mass is 385 g/mol. The Morgan fingerprint density at radius 2 is 1.79 bits per heavy atom. The molecule has 0 aromatic heterocycles. The van der Waals surface area contributed by atoms with Crippen LogP contribution >= 0.6 is 0 Å². The van der Waals surface area contributed by atoms with Gasteiger partial charge in [-0.15, -0.1) is 0 Å². The molecule has 1 spiro atoms. The van der Waals surface area contributed by atoms with Crippen LogP contribution in [-0.4, -0.2) is 60.4 Å². The minimum Gasteiger partial charge on any atom is -0.337 e. The van der Waals surface area contributed by atoms with Gasteiger partial charge in [-0.05, 0) is 43.8 Å². The van der Waals surface area contributed by atoms with Crippen LogP contribution in [0.2, 0.25) is 0 Å². The number of likely N-dealkylation sites (tertiary alicyclic amines) is 1. The van der Waals surface area contributed by atoms with Gasteiger partial charge in [-0.1, -0.05) is 18.2 Å². The first-order chi connectivity index (χ1) is 13.4. The Bertz CT molecular complexity index is 921. The molecule has 5 nitrogen and oxygen atoms in total. The number of nitrogens with zero attached hydrogens (tertiary/aromatic N) is 3. The van der Waals surface area contributed by atoms with Gasteiger partial charge >= 0.3 is 0 Å². The molecule has 0 saturated carbocycles. The second-order valence-corrected chi connectivity index (χ2v) is 7.50. The molecule has 0 radical (unpaired) electrons. The molecule has 2 saturated heterocycles. The summed E-state index contributed by atoms with van der Waals surface area (Å²) in [5.74, 6) is -2.31. The number of hydrogen-bond acceptors (Lipinski definition) is 3. The van der Waals surface area contributed by atoms with Crippen molar-refractivity contribution < 1.29 is 18.4 Å². The van der Waals surface area contributed by atoms with E-state index in [2.05, 4.69) is 0 Å². The second kappa shape index (κ2) is 6.98. The number of rotatable bonds is 2. The fourth-order valence-corrected chi connectivity index (χ4v) is 4.08. The number of para-hydroxylation sites is 1. The third-order valence-corrected chi connectivity index (χ3v) is 5.79. The fourth-order valence-electron chi connectivity index (χ4n) is 4.08. The Morgan fingerprint density at radius 3 is 2.50 bits per heavy atom. The van der Waals surface area contributed by atoms with Crippen LogP contribution < -0.4 is 4.90 Å². The van der Waals surface area contributed by atoms with Gasteiger partial charge in [0.15, 0.2) is 11.6 Å². The van der Waals surface area contributed by atoms with Crippen molar-refractivity contribution in [1.29, 1.82) is 0 Å². The highest BCUT2D eigenvalue weighted by Gasteiger charge is 2.48. The maximum Gasteiger partial charge on any atom is 0.254 e. The molecule has 0 N–H and O–H groups in total. The van der Waals surface area contributed by atoms with Crippen molar-refractivity contribution in [1.82, 2.24) is 9.80 Å². The highest BCUT2D eigenvalue weighted by atomic mass is 19.2. The number of amides is 2. The van der Waals surface area contributed by atoms with Crippen molar-refractivity contribution in [2.24, 2.45) is 0 Å². The second-order valence-electron chi connectivity index (χ2n) is 7.50. The predicted octanol–water partition coefficient (Wildman–Crippen LogP) is 2.53. The third-order valence-electron chi connectivity index (χ3n) is 5.79. The molecular weight excluding hydrogens is 364 g/mol. The number of likely N-dealkylation sites (N-methyl/N-ethyl adjacent to an activating group) is 1. The van der Waals surface area contributed by atoms with E-state index in [1.807, 2.05) is 42.3 Å².